The molecule has 0 unspecified atom stereocenters. The zero-order valence-electron chi connectivity index (χ0n) is 8.74. The predicted molar refractivity (Wildman–Crippen MR) is 60.2 cm³/mol. The summed E-state index contributed by atoms with van der Waals surface area (Å²) in [6, 6.07) is 10.5. The van der Waals surface area contributed by atoms with Crippen LogP contribution in [0.3, 0.4) is 0 Å². The molecule has 1 nitrogen and oxygen atoms in total. The van der Waals surface area contributed by atoms with Gasteiger partial charge >= 0.3 is 0 Å². The van der Waals surface area contributed by atoms with Crippen molar-refractivity contribution in [1.29, 1.82) is 0 Å². The molecule has 0 bridgehead atoms. The molecule has 0 fully saturated rings. The molecule has 0 atom stereocenters. The summed E-state index contributed by atoms with van der Waals surface area (Å²) in [5.41, 5.74) is 2.71. The van der Waals surface area contributed by atoms with Crippen molar-refractivity contribution >= 4 is 0 Å². The number of hydrogen-bond acceptors (Lipinski definition) is 1. The first-order valence-electron chi connectivity index (χ1n) is 5.19. The first-order chi connectivity index (χ1) is 6.86. The Morgan fingerprint density at radius 1 is 1.29 bits per heavy atom. The van der Waals surface area contributed by atoms with E-state index in [0.717, 1.165) is 19.3 Å². The van der Waals surface area contributed by atoms with E-state index in [-0.39, 0.29) is 6.61 Å². The number of hydrogen-bond donors (Lipinski definition) is 1. The molecule has 1 N–H and O–H groups in total. The Labute approximate surface area is 86.1 Å². The second kappa shape index (κ2) is 6.39. The zero-order chi connectivity index (χ0) is 10.2. The molecule has 0 aliphatic rings. The van der Waals surface area contributed by atoms with E-state index in [1.165, 1.54) is 11.1 Å². The Kier molecular flexibility index (Phi) is 5.02. The fraction of sp³-hybridized carbons (Fsp3) is 0.385. The number of aliphatic hydroxyl groups excluding tert-OH is 1. The van der Waals surface area contributed by atoms with Gasteiger partial charge < -0.3 is 5.11 Å². The molecular formula is C13H18O. The molecule has 0 aliphatic heterocycles. The molecule has 76 valence electrons. The molecule has 0 aliphatic carbocycles. The molecule has 0 aromatic heterocycles. The van der Waals surface area contributed by atoms with E-state index in [1.54, 1.807) is 0 Å². The van der Waals surface area contributed by atoms with Crippen LogP contribution in [0, 0.1) is 0 Å². The third kappa shape index (κ3) is 3.75. The number of aliphatic hydroxyl groups is 1. The van der Waals surface area contributed by atoms with Crippen molar-refractivity contribution in [3.8, 4) is 0 Å². The van der Waals surface area contributed by atoms with E-state index in [2.05, 4.69) is 31.2 Å². The van der Waals surface area contributed by atoms with Crippen LogP contribution in [0.2, 0.25) is 0 Å². The molecule has 0 heterocycles. The summed E-state index contributed by atoms with van der Waals surface area (Å²) < 4.78 is 0. The lowest BCUT2D eigenvalue weighted by Gasteiger charge is -2.04. The first-order valence-corrected chi connectivity index (χ1v) is 5.19. The van der Waals surface area contributed by atoms with E-state index < -0.39 is 0 Å². The summed E-state index contributed by atoms with van der Waals surface area (Å²) in [7, 11) is 0. The van der Waals surface area contributed by atoms with E-state index in [9.17, 15) is 0 Å². The van der Waals surface area contributed by atoms with E-state index in [1.807, 2.05) is 12.1 Å². The van der Waals surface area contributed by atoms with Gasteiger partial charge in [-0.15, -0.1) is 0 Å². The van der Waals surface area contributed by atoms with E-state index >= 15 is 0 Å². The summed E-state index contributed by atoms with van der Waals surface area (Å²) in [5, 5.41) is 8.79. The molecule has 1 aromatic rings. The molecular weight excluding hydrogens is 172 g/mol. The predicted octanol–water partition coefficient (Wildman–Crippen LogP) is 2.95. The standard InChI is InChI=1S/C13H18O/c1-2-12(10-11-14)8-9-13-6-4-3-5-7-13/h3-7,10,14H,2,8-9,11H2,1H3/b12-10+. The summed E-state index contributed by atoms with van der Waals surface area (Å²) >= 11 is 0. The Bertz CT molecular complexity index is 275. The van der Waals surface area contributed by atoms with Crippen LogP contribution in [0.25, 0.3) is 0 Å². The fourth-order valence-electron chi connectivity index (χ4n) is 1.50. The number of rotatable bonds is 5. The van der Waals surface area contributed by atoms with Gasteiger partial charge in [0.25, 0.3) is 0 Å². The molecule has 1 heteroatoms. The lowest BCUT2D eigenvalue weighted by molar-refractivity contribution is 0.341. The van der Waals surface area contributed by atoms with Crippen molar-refractivity contribution in [1.82, 2.24) is 0 Å². The number of benzene rings is 1. The summed E-state index contributed by atoms with van der Waals surface area (Å²) in [5.74, 6) is 0. The smallest absolute Gasteiger partial charge is 0.0615 e. The van der Waals surface area contributed by atoms with Gasteiger partial charge in [-0.3, -0.25) is 0 Å². The lowest BCUT2D eigenvalue weighted by Crippen LogP contribution is -1.90. The van der Waals surface area contributed by atoms with Crippen molar-refractivity contribution in [2.45, 2.75) is 26.2 Å². The highest BCUT2D eigenvalue weighted by atomic mass is 16.2. The maximum Gasteiger partial charge on any atom is 0.0615 e. The Morgan fingerprint density at radius 3 is 2.57 bits per heavy atom. The Balaban J connectivity index is 2.44. The molecule has 0 radical (unpaired) electrons. The topological polar surface area (TPSA) is 20.2 Å². The monoisotopic (exact) mass is 190 g/mol. The van der Waals surface area contributed by atoms with Gasteiger partial charge in [-0.05, 0) is 24.8 Å². The van der Waals surface area contributed by atoms with Crippen LogP contribution < -0.4 is 0 Å². The van der Waals surface area contributed by atoms with Crippen molar-refractivity contribution in [3.05, 3.63) is 47.5 Å². The second-order valence-electron chi connectivity index (χ2n) is 3.38. The van der Waals surface area contributed by atoms with Gasteiger partial charge in [0.15, 0.2) is 0 Å². The van der Waals surface area contributed by atoms with Crippen LogP contribution >= 0.6 is 0 Å². The van der Waals surface area contributed by atoms with Gasteiger partial charge in [0.1, 0.15) is 0 Å². The largest absolute Gasteiger partial charge is 0.392 e. The van der Waals surface area contributed by atoms with Crippen LogP contribution in [0.15, 0.2) is 42.0 Å². The van der Waals surface area contributed by atoms with Gasteiger partial charge in [0.05, 0.1) is 6.61 Å². The molecule has 0 saturated heterocycles. The normalized spacial score (nSPS) is 11.7. The van der Waals surface area contributed by atoms with Gasteiger partial charge in [0, 0.05) is 0 Å². The fourth-order valence-corrected chi connectivity index (χ4v) is 1.50. The highest BCUT2D eigenvalue weighted by molar-refractivity contribution is 5.16. The highest BCUT2D eigenvalue weighted by Gasteiger charge is 1.95. The third-order valence-corrected chi connectivity index (χ3v) is 2.41. The Morgan fingerprint density at radius 2 is 2.00 bits per heavy atom. The first kappa shape index (κ1) is 11.0. The quantitative estimate of drug-likeness (QED) is 0.708. The molecule has 0 spiro atoms. The molecule has 0 saturated carbocycles. The lowest BCUT2D eigenvalue weighted by atomic mass is 10.0. The Hall–Kier alpha value is -1.08. The van der Waals surface area contributed by atoms with Crippen molar-refractivity contribution in [3.63, 3.8) is 0 Å². The molecule has 0 amide bonds. The van der Waals surface area contributed by atoms with Crippen LogP contribution in [-0.4, -0.2) is 11.7 Å². The average molecular weight is 190 g/mol. The average Bonchev–Trinajstić information content (AvgIpc) is 2.25. The van der Waals surface area contributed by atoms with Gasteiger partial charge in [-0.1, -0.05) is 48.9 Å². The van der Waals surface area contributed by atoms with Gasteiger partial charge in [-0.25, -0.2) is 0 Å². The summed E-state index contributed by atoms with van der Waals surface area (Å²) in [6.45, 7) is 2.30. The molecule has 14 heavy (non-hydrogen) atoms. The second-order valence-corrected chi connectivity index (χ2v) is 3.38. The SMILES string of the molecule is CC/C(=C\CO)CCc1ccccc1. The van der Waals surface area contributed by atoms with Crippen LogP contribution in [0.4, 0.5) is 0 Å². The van der Waals surface area contributed by atoms with Crippen molar-refractivity contribution in [2.24, 2.45) is 0 Å². The van der Waals surface area contributed by atoms with Crippen LogP contribution in [0.5, 0.6) is 0 Å². The number of aryl methyl sites for hydroxylation is 1. The highest BCUT2D eigenvalue weighted by Crippen LogP contribution is 2.11. The maximum absolute atomic E-state index is 8.79. The summed E-state index contributed by atoms with van der Waals surface area (Å²) in [4.78, 5) is 0. The minimum Gasteiger partial charge on any atom is -0.392 e. The van der Waals surface area contributed by atoms with Crippen molar-refractivity contribution < 1.29 is 5.11 Å². The van der Waals surface area contributed by atoms with E-state index in [4.69, 9.17) is 5.11 Å². The van der Waals surface area contributed by atoms with E-state index in [0.29, 0.717) is 0 Å². The van der Waals surface area contributed by atoms with Crippen LogP contribution in [0.1, 0.15) is 25.3 Å². The number of allylic oxidation sites excluding steroid dienone is 1. The minimum atomic E-state index is 0.165. The van der Waals surface area contributed by atoms with Gasteiger partial charge in [-0.2, -0.15) is 0 Å². The zero-order valence-corrected chi connectivity index (χ0v) is 8.74. The summed E-state index contributed by atoms with van der Waals surface area (Å²) in [6.07, 6.45) is 5.08. The maximum atomic E-state index is 8.79. The third-order valence-electron chi connectivity index (χ3n) is 2.41. The van der Waals surface area contributed by atoms with Crippen molar-refractivity contribution in [2.75, 3.05) is 6.61 Å². The van der Waals surface area contributed by atoms with Gasteiger partial charge in [0.2, 0.25) is 0 Å². The molecule has 1 rings (SSSR count). The minimum absolute atomic E-state index is 0.165. The van der Waals surface area contributed by atoms with Crippen LogP contribution in [-0.2, 0) is 6.42 Å². The molecule has 1 aromatic carbocycles.